The van der Waals surface area contributed by atoms with E-state index in [0.29, 0.717) is 5.56 Å². The molecule has 1 aliphatic carbocycles. The highest BCUT2D eigenvalue weighted by Gasteiger charge is 2.47. The Morgan fingerprint density at radius 3 is 2.47 bits per heavy atom. The Bertz CT molecular complexity index is 424. The van der Waals surface area contributed by atoms with E-state index in [2.05, 4.69) is 5.32 Å². The van der Waals surface area contributed by atoms with Crippen LogP contribution in [-0.4, -0.2) is 11.9 Å². The predicted molar refractivity (Wildman–Crippen MR) is 65.2 cm³/mol. The van der Waals surface area contributed by atoms with Crippen molar-refractivity contribution in [3.63, 3.8) is 0 Å². The Hall–Kier alpha value is -1.38. The highest BCUT2D eigenvalue weighted by molar-refractivity contribution is 5.89. The van der Waals surface area contributed by atoms with Gasteiger partial charge in [-0.15, -0.1) is 0 Å². The van der Waals surface area contributed by atoms with Crippen LogP contribution in [0.3, 0.4) is 0 Å². The van der Waals surface area contributed by atoms with Crippen molar-refractivity contribution in [3.05, 3.63) is 35.6 Å². The first-order chi connectivity index (χ1) is 8.06. The molecule has 0 bridgehead atoms. The zero-order chi connectivity index (χ0) is 12.5. The van der Waals surface area contributed by atoms with Gasteiger partial charge in [0.25, 0.3) is 0 Å². The predicted octanol–water partition coefficient (Wildman–Crippen LogP) is 2.77. The van der Waals surface area contributed by atoms with Gasteiger partial charge in [-0.1, -0.05) is 24.6 Å². The van der Waals surface area contributed by atoms with Crippen molar-refractivity contribution < 1.29 is 9.18 Å². The van der Waals surface area contributed by atoms with Crippen LogP contribution in [0, 0.1) is 5.82 Å². The quantitative estimate of drug-likeness (QED) is 0.857. The summed E-state index contributed by atoms with van der Waals surface area (Å²) in [6.07, 6.45) is 2.47. The van der Waals surface area contributed by atoms with Crippen molar-refractivity contribution in [2.24, 2.45) is 0 Å². The molecule has 3 heteroatoms. The van der Waals surface area contributed by atoms with E-state index >= 15 is 0 Å². The lowest BCUT2D eigenvalue weighted by Gasteiger charge is -2.41. The van der Waals surface area contributed by atoms with Crippen molar-refractivity contribution in [2.75, 3.05) is 0 Å². The van der Waals surface area contributed by atoms with E-state index in [-0.39, 0.29) is 17.8 Å². The molecule has 0 unspecified atom stereocenters. The maximum atomic E-state index is 13.8. The average Bonchev–Trinajstić information content (AvgIpc) is 2.18. The Balaban J connectivity index is 2.32. The van der Waals surface area contributed by atoms with Crippen LogP contribution in [0.2, 0.25) is 0 Å². The van der Waals surface area contributed by atoms with Crippen LogP contribution in [0.15, 0.2) is 24.3 Å². The zero-order valence-electron chi connectivity index (χ0n) is 10.3. The van der Waals surface area contributed by atoms with E-state index in [1.54, 1.807) is 18.2 Å². The second-order valence-electron chi connectivity index (χ2n) is 5.04. The summed E-state index contributed by atoms with van der Waals surface area (Å²) in [6.45, 7) is 3.84. The SMILES string of the molecule is CC(C)NC(=O)C1(c2ccccc2F)CCC1. The van der Waals surface area contributed by atoms with Crippen molar-refractivity contribution in [1.29, 1.82) is 0 Å². The second kappa shape index (κ2) is 4.47. The lowest BCUT2D eigenvalue weighted by Crippen LogP contribution is -2.51. The first-order valence-electron chi connectivity index (χ1n) is 6.12. The molecule has 0 aliphatic heterocycles. The van der Waals surface area contributed by atoms with Crippen LogP contribution < -0.4 is 5.32 Å². The normalized spacial score (nSPS) is 17.6. The highest BCUT2D eigenvalue weighted by atomic mass is 19.1. The van der Waals surface area contributed by atoms with Crippen LogP contribution in [0.1, 0.15) is 38.7 Å². The van der Waals surface area contributed by atoms with Gasteiger partial charge in [-0.05, 0) is 32.8 Å². The molecule has 1 fully saturated rings. The summed E-state index contributed by atoms with van der Waals surface area (Å²) in [7, 11) is 0. The molecular formula is C14H18FNO. The zero-order valence-corrected chi connectivity index (χ0v) is 10.3. The molecule has 1 N–H and O–H groups in total. The van der Waals surface area contributed by atoms with Crippen molar-refractivity contribution in [1.82, 2.24) is 5.32 Å². The molecule has 0 atom stereocenters. The second-order valence-corrected chi connectivity index (χ2v) is 5.04. The Kier molecular flexibility index (Phi) is 3.18. The van der Waals surface area contributed by atoms with Crippen LogP contribution in [0.4, 0.5) is 4.39 Å². The molecule has 92 valence electrons. The maximum absolute atomic E-state index is 13.8. The minimum Gasteiger partial charge on any atom is -0.353 e. The molecule has 17 heavy (non-hydrogen) atoms. The van der Waals surface area contributed by atoms with Gasteiger partial charge in [0.15, 0.2) is 0 Å². The Morgan fingerprint density at radius 2 is 2.00 bits per heavy atom. The number of carbonyl (C=O) groups is 1. The van der Waals surface area contributed by atoms with E-state index in [1.807, 2.05) is 13.8 Å². The molecule has 1 saturated carbocycles. The number of amides is 1. The fourth-order valence-corrected chi connectivity index (χ4v) is 2.40. The maximum Gasteiger partial charge on any atom is 0.230 e. The molecule has 0 aromatic heterocycles. The fourth-order valence-electron chi connectivity index (χ4n) is 2.40. The van der Waals surface area contributed by atoms with Crippen molar-refractivity contribution in [3.8, 4) is 0 Å². The molecule has 1 aromatic rings. The van der Waals surface area contributed by atoms with Crippen LogP contribution in [0.25, 0.3) is 0 Å². The number of benzene rings is 1. The molecule has 0 saturated heterocycles. The summed E-state index contributed by atoms with van der Waals surface area (Å²) >= 11 is 0. The van der Waals surface area contributed by atoms with Crippen molar-refractivity contribution >= 4 is 5.91 Å². The van der Waals surface area contributed by atoms with Crippen LogP contribution in [0.5, 0.6) is 0 Å². The number of rotatable bonds is 3. The molecule has 2 rings (SSSR count). The van der Waals surface area contributed by atoms with Gasteiger partial charge in [0.05, 0.1) is 5.41 Å². The van der Waals surface area contributed by atoms with Crippen LogP contribution in [-0.2, 0) is 10.2 Å². The molecule has 1 aliphatic rings. The summed E-state index contributed by atoms with van der Waals surface area (Å²) in [5.74, 6) is -0.310. The first-order valence-corrected chi connectivity index (χ1v) is 6.12. The minimum atomic E-state index is -0.629. The third-order valence-corrected chi connectivity index (χ3v) is 3.45. The van der Waals surface area contributed by atoms with E-state index in [4.69, 9.17) is 0 Å². The van der Waals surface area contributed by atoms with Crippen molar-refractivity contribution in [2.45, 2.75) is 44.6 Å². The van der Waals surface area contributed by atoms with Gasteiger partial charge in [-0.3, -0.25) is 4.79 Å². The van der Waals surface area contributed by atoms with Gasteiger partial charge in [-0.25, -0.2) is 4.39 Å². The van der Waals surface area contributed by atoms with E-state index in [1.165, 1.54) is 6.07 Å². The number of halogens is 1. The minimum absolute atomic E-state index is 0.0381. The lowest BCUT2D eigenvalue weighted by molar-refractivity contribution is -0.130. The number of hydrogen-bond acceptors (Lipinski definition) is 1. The monoisotopic (exact) mass is 235 g/mol. The van der Waals surface area contributed by atoms with E-state index in [9.17, 15) is 9.18 Å². The summed E-state index contributed by atoms with van der Waals surface area (Å²) in [6, 6.07) is 6.70. The molecule has 1 amide bonds. The number of nitrogens with one attached hydrogen (secondary N) is 1. The summed E-state index contributed by atoms with van der Waals surface area (Å²) in [5, 5.41) is 2.91. The average molecular weight is 235 g/mol. The van der Waals surface area contributed by atoms with Gasteiger partial charge >= 0.3 is 0 Å². The third-order valence-electron chi connectivity index (χ3n) is 3.45. The molecule has 0 radical (unpaired) electrons. The van der Waals surface area contributed by atoms with Gasteiger partial charge in [0.1, 0.15) is 5.82 Å². The molecule has 1 aromatic carbocycles. The van der Waals surface area contributed by atoms with Gasteiger partial charge < -0.3 is 5.32 Å². The number of carbonyl (C=O) groups excluding carboxylic acids is 1. The summed E-state index contributed by atoms with van der Waals surface area (Å²) in [5.41, 5.74) is -0.0836. The first kappa shape index (κ1) is 12.1. The van der Waals surface area contributed by atoms with Gasteiger partial charge in [-0.2, -0.15) is 0 Å². The lowest BCUT2D eigenvalue weighted by atomic mass is 9.63. The Labute approximate surface area is 101 Å². The molecule has 0 spiro atoms. The number of hydrogen-bond donors (Lipinski definition) is 1. The standard InChI is InChI=1S/C14H18FNO/c1-10(2)16-13(17)14(8-5-9-14)11-6-3-4-7-12(11)15/h3-4,6-7,10H,5,8-9H2,1-2H3,(H,16,17). The van der Waals surface area contributed by atoms with Gasteiger partial charge in [0, 0.05) is 11.6 Å². The fraction of sp³-hybridized carbons (Fsp3) is 0.500. The van der Waals surface area contributed by atoms with Crippen LogP contribution >= 0.6 is 0 Å². The molecule has 2 nitrogen and oxygen atoms in total. The molecular weight excluding hydrogens is 217 g/mol. The van der Waals surface area contributed by atoms with E-state index in [0.717, 1.165) is 19.3 Å². The van der Waals surface area contributed by atoms with E-state index < -0.39 is 5.41 Å². The summed E-state index contributed by atoms with van der Waals surface area (Å²) in [4.78, 5) is 12.2. The smallest absolute Gasteiger partial charge is 0.230 e. The molecule has 0 heterocycles. The third kappa shape index (κ3) is 2.06. The summed E-state index contributed by atoms with van der Waals surface area (Å²) < 4.78 is 13.8. The highest BCUT2D eigenvalue weighted by Crippen LogP contribution is 2.44. The topological polar surface area (TPSA) is 29.1 Å². The Morgan fingerprint density at radius 1 is 1.35 bits per heavy atom. The largest absolute Gasteiger partial charge is 0.353 e. The van der Waals surface area contributed by atoms with Gasteiger partial charge in [0.2, 0.25) is 5.91 Å².